The van der Waals surface area contributed by atoms with Gasteiger partial charge in [0.1, 0.15) is 0 Å². The first-order valence-electron chi connectivity index (χ1n) is 8.52. The highest BCUT2D eigenvalue weighted by Crippen LogP contribution is 2.36. The zero-order valence-electron chi connectivity index (χ0n) is 13.8. The first-order valence-corrected chi connectivity index (χ1v) is 8.52. The smallest absolute Gasteiger partial charge is 0.0356 e. The van der Waals surface area contributed by atoms with Crippen molar-refractivity contribution in [2.45, 2.75) is 89.1 Å². The Morgan fingerprint density at radius 3 is 2.16 bits per heavy atom. The molecular weight excluding hydrogens is 232 g/mol. The second-order valence-electron chi connectivity index (χ2n) is 6.60. The van der Waals surface area contributed by atoms with E-state index in [1.165, 1.54) is 70.6 Å². The average molecular weight is 268 g/mol. The third-order valence-corrected chi connectivity index (χ3v) is 5.20. The van der Waals surface area contributed by atoms with E-state index in [2.05, 4.69) is 38.3 Å². The Morgan fingerprint density at radius 1 is 1.00 bits per heavy atom. The Kier molecular flexibility index (Phi) is 8.01. The molecule has 1 unspecified atom stereocenters. The van der Waals surface area contributed by atoms with E-state index in [1.807, 2.05) is 0 Å². The predicted octanol–water partition coefficient (Wildman–Crippen LogP) is 4.20. The van der Waals surface area contributed by atoms with Gasteiger partial charge >= 0.3 is 0 Å². The minimum absolute atomic E-state index is 0.414. The van der Waals surface area contributed by atoms with Crippen LogP contribution in [-0.4, -0.2) is 37.6 Å². The molecule has 0 radical (unpaired) electrons. The van der Waals surface area contributed by atoms with Crippen LogP contribution in [0.4, 0.5) is 0 Å². The van der Waals surface area contributed by atoms with Gasteiger partial charge in [-0.15, -0.1) is 0 Å². The van der Waals surface area contributed by atoms with E-state index in [0.717, 1.165) is 0 Å². The van der Waals surface area contributed by atoms with Crippen molar-refractivity contribution in [3.8, 4) is 0 Å². The molecule has 0 bridgehead atoms. The fraction of sp³-hybridized carbons (Fsp3) is 1.00. The summed E-state index contributed by atoms with van der Waals surface area (Å²) < 4.78 is 0. The summed E-state index contributed by atoms with van der Waals surface area (Å²) in [5.41, 5.74) is 0.414. The number of nitrogens with zero attached hydrogens (tertiary/aromatic N) is 1. The molecular formula is C17H36N2. The molecule has 114 valence electrons. The van der Waals surface area contributed by atoms with Crippen LogP contribution in [0.15, 0.2) is 0 Å². The summed E-state index contributed by atoms with van der Waals surface area (Å²) >= 11 is 0. The molecule has 1 atom stereocenters. The van der Waals surface area contributed by atoms with Gasteiger partial charge < -0.3 is 10.2 Å². The van der Waals surface area contributed by atoms with Gasteiger partial charge in [-0.25, -0.2) is 0 Å². The molecule has 0 saturated heterocycles. The second-order valence-corrected chi connectivity index (χ2v) is 6.60. The molecule has 1 aliphatic rings. The molecule has 0 spiro atoms. The molecule has 2 nitrogen and oxygen atoms in total. The summed E-state index contributed by atoms with van der Waals surface area (Å²) in [5.74, 6) is 0. The Balaban J connectivity index is 2.49. The maximum Gasteiger partial charge on any atom is 0.0356 e. The Morgan fingerprint density at radius 2 is 1.63 bits per heavy atom. The number of nitrogens with one attached hydrogen (secondary N) is 1. The number of likely N-dealkylation sites (N-methyl/N-ethyl adjacent to an activating group) is 2. The van der Waals surface area contributed by atoms with E-state index in [-0.39, 0.29) is 0 Å². The van der Waals surface area contributed by atoms with Gasteiger partial charge in [0, 0.05) is 11.6 Å². The third kappa shape index (κ3) is 4.75. The fourth-order valence-corrected chi connectivity index (χ4v) is 3.91. The van der Waals surface area contributed by atoms with Crippen LogP contribution in [-0.2, 0) is 0 Å². The molecule has 0 aliphatic heterocycles. The second kappa shape index (κ2) is 8.97. The van der Waals surface area contributed by atoms with Crippen LogP contribution in [0.25, 0.3) is 0 Å². The lowest BCUT2D eigenvalue weighted by molar-refractivity contribution is 0.0554. The van der Waals surface area contributed by atoms with Crippen molar-refractivity contribution in [1.29, 1.82) is 0 Å². The number of rotatable bonds is 9. The summed E-state index contributed by atoms with van der Waals surface area (Å²) in [6.45, 7) is 2.29. The maximum absolute atomic E-state index is 3.64. The first kappa shape index (κ1) is 17.0. The molecule has 1 saturated carbocycles. The minimum atomic E-state index is 0.414. The monoisotopic (exact) mass is 268 g/mol. The molecule has 0 aromatic rings. The molecule has 1 fully saturated rings. The van der Waals surface area contributed by atoms with Crippen LogP contribution in [0.3, 0.4) is 0 Å². The number of hydrogen-bond donors (Lipinski definition) is 1. The molecule has 2 heteroatoms. The van der Waals surface area contributed by atoms with E-state index in [4.69, 9.17) is 0 Å². The van der Waals surface area contributed by atoms with Crippen LogP contribution in [0, 0.1) is 0 Å². The van der Waals surface area contributed by atoms with Crippen molar-refractivity contribution in [2.24, 2.45) is 0 Å². The standard InChI is InChI=1S/C17H36N2/c1-5-6-7-8-10-13-16(18-2)17(19(3)4)14-11-9-12-15-17/h16,18H,5-15H2,1-4H3. The Hall–Kier alpha value is -0.0800. The third-order valence-electron chi connectivity index (χ3n) is 5.20. The van der Waals surface area contributed by atoms with Gasteiger partial charge in [0.15, 0.2) is 0 Å². The Labute approximate surface area is 121 Å². The molecule has 0 aromatic carbocycles. The van der Waals surface area contributed by atoms with Crippen LogP contribution in [0.5, 0.6) is 0 Å². The molecule has 19 heavy (non-hydrogen) atoms. The quantitative estimate of drug-likeness (QED) is 0.631. The fourth-order valence-electron chi connectivity index (χ4n) is 3.91. The van der Waals surface area contributed by atoms with Crippen molar-refractivity contribution in [3.05, 3.63) is 0 Å². The van der Waals surface area contributed by atoms with E-state index in [1.54, 1.807) is 0 Å². The molecule has 0 heterocycles. The number of unbranched alkanes of at least 4 members (excludes halogenated alkanes) is 4. The molecule has 0 aromatic heterocycles. The molecule has 1 N–H and O–H groups in total. The van der Waals surface area contributed by atoms with Gasteiger partial charge in [0.25, 0.3) is 0 Å². The van der Waals surface area contributed by atoms with Gasteiger partial charge in [-0.1, -0.05) is 58.3 Å². The SMILES string of the molecule is CCCCCCCC(NC)C1(N(C)C)CCCCC1. The van der Waals surface area contributed by atoms with Gasteiger partial charge in [-0.2, -0.15) is 0 Å². The number of hydrogen-bond acceptors (Lipinski definition) is 2. The zero-order chi connectivity index (χ0) is 14.1. The highest BCUT2D eigenvalue weighted by molar-refractivity contribution is 4.99. The van der Waals surface area contributed by atoms with E-state index in [0.29, 0.717) is 11.6 Å². The van der Waals surface area contributed by atoms with Gasteiger partial charge in [0.05, 0.1) is 0 Å². The van der Waals surface area contributed by atoms with Crippen LogP contribution < -0.4 is 5.32 Å². The van der Waals surface area contributed by atoms with Gasteiger partial charge in [-0.3, -0.25) is 0 Å². The molecule has 1 rings (SSSR count). The lowest BCUT2D eigenvalue weighted by atomic mass is 9.74. The van der Waals surface area contributed by atoms with Crippen LogP contribution >= 0.6 is 0 Å². The summed E-state index contributed by atoms with van der Waals surface area (Å²) in [6, 6.07) is 0.671. The maximum atomic E-state index is 3.64. The van der Waals surface area contributed by atoms with E-state index >= 15 is 0 Å². The van der Waals surface area contributed by atoms with Crippen molar-refractivity contribution in [2.75, 3.05) is 21.1 Å². The van der Waals surface area contributed by atoms with Gasteiger partial charge in [0.2, 0.25) is 0 Å². The summed E-state index contributed by atoms with van der Waals surface area (Å²) in [5, 5.41) is 3.64. The zero-order valence-corrected chi connectivity index (χ0v) is 13.8. The van der Waals surface area contributed by atoms with E-state index in [9.17, 15) is 0 Å². The van der Waals surface area contributed by atoms with Crippen molar-refractivity contribution < 1.29 is 0 Å². The Bertz CT molecular complexity index is 219. The van der Waals surface area contributed by atoms with E-state index < -0.39 is 0 Å². The predicted molar refractivity (Wildman–Crippen MR) is 85.7 cm³/mol. The van der Waals surface area contributed by atoms with Crippen molar-refractivity contribution in [3.63, 3.8) is 0 Å². The van der Waals surface area contributed by atoms with Crippen molar-refractivity contribution >= 4 is 0 Å². The minimum Gasteiger partial charge on any atom is -0.315 e. The van der Waals surface area contributed by atoms with Crippen LogP contribution in [0.1, 0.15) is 77.6 Å². The van der Waals surface area contributed by atoms with Crippen LogP contribution in [0.2, 0.25) is 0 Å². The first-order chi connectivity index (χ1) is 9.17. The lowest BCUT2D eigenvalue weighted by Crippen LogP contribution is -2.59. The highest BCUT2D eigenvalue weighted by Gasteiger charge is 2.40. The topological polar surface area (TPSA) is 15.3 Å². The lowest BCUT2D eigenvalue weighted by Gasteiger charge is -2.48. The molecule has 0 amide bonds. The average Bonchev–Trinajstić information content (AvgIpc) is 2.43. The normalized spacial score (nSPS) is 20.7. The molecule has 1 aliphatic carbocycles. The summed E-state index contributed by atoms with van der Waals surface area (Å²) in [4.78, 5) is 2.51. The largest absolute Gasteiger partial charge is 0.315 e. The van der Waals surface area contributed by atoms with Crippen molar-refractivity contribution in [1.82, 2.24) is 10.2 Å². The highest BCUT2D eigenvalue weighted by atomic mass is 15.2. The van der Waals surface area contributed by atoms with Gasteiger partial charge in [-0.05, 0) is 40.4 Å². The summed E-state index contributed by atoms with van der Waals surface area (Å²) in [6.07, 6.45) is 15.3. The summed E-state index contributed by atoms with van der Waals surface area (Å²) in [7, 11) is 6.73.